The molecule has 0 aromatic heterocycles. The molecule has 0 radical (unpaired) electrons. The van der Waals surface area contributed by atoms with Crippen molar-refractivity contribution in [2.75, 3.05) is 17.0 Å². The van der Waals surface area contributed by atoms with Gasteiger partial charge in [0.15, 0.2) is 5.78 Å². The van der Waals surface area contributed by atoms with Gasteiger partial charge in [0.05, 0.1) is 22.6 Å². The molecule has 2 amide bonds. The standard InChI is InChI=1S/C19H18N2O5S/c1-12-7-8-14(13(2)22)11-17(12)20-27(25,26)10-9-21-18(23)15-5-3-4-6-16(15)19(21)24/h3-8,11,20H,9-10H2,1-2H3. The summed E-state index contributed by atoms with van der Waals surface area (Å²) in [5, 5.41) is 0. The summed E-state index contributed by atoms with van der Waals surface area (Å²) < 4.78 is 27.3. The number of benzene rings is 2. The number of carbonyl (C=O) groups excluding carboxylic acids is 3. The van der Waals surface area contributed by atoms with Crippen LogP contribution in [0.4, 0.5) is 5.69 Å². The Morgan fingerprint density at radius 3 is 2.19 bits per heavy atom. The minimum Gasteiger partial charge on any atom is -0.295 e. The molecule has 0 aliphatic carbocycles. The Bertz CT molecular complexity index is 1020. The van der Waals surface area contributed by atoms with Crippen molar-refractivity contribution >= 4 is 33.3 Å². The number of aryl methyl sites for hydroxylation is 1. The van der Waals surface area contributed by atoms with Gasteiger partial charge >= 0.3 is 0 Å². The maximum atomic E-state index is 12.4. The first-order chi connectivity index (χ1) is 12.7. The molecule has 1 N–H and O–H groups in total. The van der Waals surface area contributed by atoms with Gasteiger partial charge in [0.25, 0.3) is 11.8 Å². The smallest absolute Gasteiger partial charge is 0.261 e. The van der Waals surface area contributed by atoms with E-state index in [0.717, 1.165) is 4.90 Å². The molecule has 2 aromatic rings. The summed E-state index contributed by atoms with van der Waals surface area (Å²) in [5.41, 5.74) is 1.89. The summed E-state index contributed by atoms with van der Waals surface area (Å²) in [5.74, 6) is -1.62. The van der Waals surface area contributed by atoms with Crippen molar-refractivity contribution in [3.8, 4) is 0 Å². The Morgan fingerprint density at radius 2 is 1.63 bits per heavy atom. The van der Waals surface area contributed by atoms with E-state index in [2.05, 4.69) is 4.72 Å². The van der Waals surface area contributed by atoms with Crippen molar-refractivity contribution in [1.82, 2.24) is 4.90 Å². The van der Waals surface area contributed by atoms with E-state index in [4.69, 9.17) is 0 Å². The first-order valence-corrected chi connectivity index (χ1v) is 9.92. The minimum atomic E-state index is -3.83. The molecule has 0 fully saturated rings. The third-order valence-corrected chi connectivity index (χ3v) is 5.62. The lowest BCUT2D eigenvalue weighted by Crippen LogP contribution is -2.35. The van der Waals surface area contributed by atoms with Gasteiger partial charge in [0.1, 0.15) is 0 Å². The summed E-state index contributed by atoms with van der Waals surface area (Å²) in [4.78, 5) is 37.0. The molecule has 2 aromatic carbocycles. The van der Waals surface area contributed by atoms with Crippen molar-refractivity contribution in [3.05, 3.63) is 64.7 Å². The van der Waals surface area contributed by atoms with E-state index in [9.17, 15) is 22.8 Å². The molecule has 0 spiro atoms. The average molecular weight is 386 g/mol. The van der Waals surface area contributed by atoms with E-state index in [1.165, 1.54) is 13.0 Å². The molecule has 27 heavy (non-hydrogen) atoms. The first-order valence-electron chi connectivity index (χ1n) is 8.27. The zero-order chi connectivity index (χ0) is 19.8. The fourth-order valence-corrected chi connectivity index (χ4v) is 3.90. The van der Waals surface area contributed by atoms with Crippen LogP contribution >= 0.6 is 0 Å². The number of imide groups is 1. The predicted molar refractivity (Wildman–Crippen MR) is 100 cm³/mol. The fourth-order valence-electron chi connectivity index (χ4n) is 2.82. The van der Waals surface area contributed by atoms with Gasteiger partial charge in [-0.3, -0.25) is 24.0 Å². The Balaban J connectivity index is 1.73. The number of amides is 2. The topological polar surface area (TPSA) is 101 Å². The van der Waals surface area contributed by atoms with E-state index < -0.39 is 27.6 Å². The molecule has 1 heterocycles. The highest BCUT2D eigenvalue weighted by Crippen LogP contribution is 2.23. The molecule has 140 valence electrons. The molecule has 8 heteroatoms. The molecule has 1 aliphatic heterocycles. The van der Waals surface area contributed by atoms with E-state index >= 15 is 0 Å². The van der Waals surface area contributed by atoms with Crippen molar-refractivity contribution in [3.63, 3.8) is 0 Å². The number of hydrogen-bond donors (Lipinski definition) is 1. The lowest BCUT2D eigenvalue weighted by Gasteiger charge is -2.15. The second-order valence-electron chi connectivity index (χ2n) is 6.31. The zero-order valence-electron chi connectivity index (χ0n) is 14.9. The number of ketones is 1. The highest BCUT2D eigenvalue weighted by atomic mass is 32.2. The molecule has 0 saturated heterocycles. The summed E-state index contributed by atoms with van der Waals surface area (Å²) in [6.45, 7) is 2.85. The monoisotopic (exact) mass is 386 g/mol. The van der Waals surface area contributed by atoms with Crippen LogP contribution < -0.4 is 4.72 Å². The zero-order valence-corrected chi connectivity index (χ0v) is 15.7. The number of sulfonamides is 1. The predicted octanol–water partition coefficient (Wildman–Crippen LogP) is 2.24. The minimum absolute atomic E-state index is 0.179. The van der Waals surface area contributed by atoms with Crippen molar-refractivity contribution in [1.29, 1.82) is 0 Å². The number of fused-ring (bicyclic) bond motifs is 1. The number of carbonyl (C=O) groups is 3. The number of hydrogen-bond acceptors (Lipinski definition) is 5. The van der Waals surface area contributed by atoms with Crippen LogP contribution in [-0.2, 0) is 10.0 Å². The highest BCUT2D eigenvalue weighted by Gasteiger charge is 2.35. The van der Waals surface area contributed by atoms with Crippen LogP contribution in [0.1, 0.15) is 43.6 Å². The molecule has 3 rings (SSSR count). The number of Topliss-reactive ketones (excluding diaryl/α,β-unsaturated/α-hetero) is 1. The number of rotatable bonds is 6. The molecule has 7 nitrogen and oxygen atoms in total. The molecule has 0 unspecified atom stereocenters. The number of nitrogens with zero attached hydrogens (tertiary/aromatic N) is 1. The Morgan fingerprint density at radius 1 is 1.04 bits per heavy atom. The summed E-state index contributed by atoms with van der Waals surface area (Å²) in [6, 6.07) is 11.1. The van der Waals surface area contributed by atoms with Gasteiger partial charge in [-0.25, -0.2) is 8.42 Å². The second-order valence-corrected chi connectivity index (χ2v) is 8.16. The van der Waals surface area contributed by atoms with Gasteiger partial charge in [0, 0.05) is 12.1 Å². The Labute approximate surface area is 157 Å². The van der Waals surface area contributed by atoms with E-state index in [0.29, 0.717) is 16.8 Å². The molecular weight excluding hydrogens is 368 g/mol. The maximum Gasteiger partial charge on any atom is 0.261 e. The molecular formula is C19H18N2O5S. The normalized spacial score (nSPS) is 13.6. The molecule has 0 bridgehead atoms. The molecule has 0 saturated carbocycles. The Kier molecular flexibility index (Phi) is 4.84. The molecule has 1 aliphatic rings. The average Bonchev–Trinajstić information content (AvgIpc) is 2.86. The van der Waals surface area contributed by atoms with Gasteiger partial charge in [-0.05, 0) is 37.6 Å². The van der Waals surface area contributed by atoms with Gasteiger partial charge in [-0.15, -0.1) is 0 Å². The lowest BCUT2D eigenvalue weighted by atomic mass is 10.1. The number of anilines is 1. The second kappa shape index (κ2) is 6.96. The van der Waals surface area contributed by atoms with Gasteiger partial charge in [-0.1, -0.05) is 24.3 Å². The summed E-state index contributed by atoms with van der Waals surface area (Å²) in [6.07, 6.45) is 0. The van der Waals surface area contributed by atoms with Crippen LogP contribution in [0.2, 0.25) is 0 Å². The quantitative estimate of drug-likeness (QED) is 0.606. The third-order valence-electron chi connectivity index (χ3n) is 4.37. The van der Waals surface area contributed by atoms with Crippen LogP contribution in [0.15, 0.2) is 42.5 Å². The van der Waals surface area contributed by atoms with Crippen molar-refractivity contribution in [2.45, 2.75) is 13.8 Å². The third kappa shape index (κ3) is 3.75. The maximum absolute atomic E-state index is 12.4. The van der Waals surface area contributed by atoms with Crippen LogP contribution in [0.25, 0.3) is 0 Å². The van der Waals surface area contributed by atoms with Crippen molar-refractivity contribution < 1.29 is 22.8 Å². The van der Waals surface area contributed by atoms with Gasteiger partial charge < -0.3 is 0 Å². The van der Waals surface area contributed by atoms with Gasteiger partial charge in [0.2, 0.25) is 10.0 Å². The SMILES string of the molecule is CC(=O)c1ccc(C)c(NS(=O)(=O)CCN2C(=O)c3ccccc3C2=O)c1. The van der Waals surface area contributed by atoms with Crippen LogP contribution in [0.5, 0.6) is 0 Å². The van der Waals surface area contributed by atoms with E-state index in [1.807, 2.05) is 0 Å². The highest BCUT2D eigenvalue weighted by molar-refractivity contribution is 7.92. The largest absolute Gasteiger partial charge is 0.295 e. The number of nitrogens with one attached hydrogen (secondary N) is 1. The molecule has 0 atom stereocenters. The van der Waals surface area contributed by atoms with Crippen LogP contribution in [-0.4, -0.2) is 43.2 Å². The van der Waals surface area contributed by atoms with E-state index in [-0.39, 0.29) is 23.5 Å². The fraction of sp³-hybridized carbons (Fsp3) is 0.211. The van der Waals surface area contributed by atoms with Crippen LogP contribution in [0, 0.1) is 6.92 Å². The first kappa shape index (κ1) is 18.8. The lowest BCUT2D eigenvalue weighted by molar-refractivity contribution is 0.0663. The summed E-state index contributed by atoms with van der Waals surface area (Å²) >= 11 is 0. The summed E-state index contributed by atoms with van der Waals surface area (Å²) in [7, 11) is -3.83. The van der Waals surface area contributed by atoms with Crippen molar-refractivity contribution in [2.24, 2.45) is 0 Å². The van der Waals surface area contributed by atoms with E-state index in [1.54, 1.807) is 43.3 Å². The Hall–Kier alpha value is -3.00. The van der Waals surface area contributed by atoms with Crippen LogP contribution in [0.3, 0.4) is 0 Å². The van der Waals surface area contributed by atoms with Gasteiger partial charge in [-0.2, -0.15) is 0 Å².